The Morgan fingerprint density at radius 1 is 0.209 bits per heavy atom. The molecule has 0 fully saturated rings. The zero-order valence-corrected chi connectivity index (χ0v) is 38.5. The van der Waals surface area contributed by atoms with Crippen molar-refractivity contribution in [2.24, 2.45) is 0 Å². The fourth-order valence-corrected chi connectivity index (χ4v) is 11.7. The Bertz CT molecular complexity index is 3260. The molecule has 0 radical (unpaired) electrons. The van der Waals surface area contributed by atoms with E-state index in [1.807, 2.05) is 0 Å². The summed E-state index contributed by atoms with van der Waals surface area (Å²) in [6, 6.07) is 87.1. The fourth-order valence-electron chi connectivity index (χ4n) is 11.7. The van der Waals surface area contributed by atoms with Gasteiger partial charge in [-0.15, -0.1) is 0 Å². The summed E-state index contributed by atoms with van der Waals surface area (Å²) in [5.41, 5.74) is 26.4. The number of fused-ring (bicyclic) bond motifs is 6. The lowest BCUT2D eigenvalue weighted by atomic mass is 9.76. The molecule has 0 amide bonds. The highest BCUT2D eigenvalue weighted by Gasteiger charge is 2.41. The van der Waals surface area contributed by atoms with E-state index in [0.29, 0.717) is 0 Å². The number of hydrogen-bond donors (Lipinski definition) is 0. The molecule has 0 heterocycles. The smallest absolute Gasteiger partial charge is 0.0462 e. The molecule has 0 aromatic heterocycles. The summed E-state index contributed by atoms with van der Waals surface area (Å²) >= 11 is 0. The third-order valence-electron chi connectivity index (χ3n) is 14.6. The predicted octanol–water partition coefficient (Wildman–Crippen LogP) is 18.1. The molecule has 0 aliphatic heterocycles. The summed E-state index contributed by atoms with van der Waals surface area (Å²) in [5, 5.41) is 0. The van der Waals surface area contributed by atoms with E-state index in [9.17, 15) is 0 Å². The maximum Gasteiger partial charge on any atom is 0.0462 e. The van der Waals surface area contributed by atoms with Crippen molar-refractivity contribution in [1.82, 2.24) is 0 Å². The van der Waals surface area contributed by atoms with Gasteiger partial charge in [0.15, 0.2) is 0 Å². The molecule has 1 heteroatoms. The average Bonchev–Trinajstić information content (AvgIpc) is 3.78. The third kappa shape index (κ3) is 6.60. The number of benzene rings is 10. The van der Waals surface area contributed by atoms with Crippen molar-refractivity contribution in [3.63, 3.8) is 0 Å². The molecular formula is C66H51N. The van der Waals surface area contributed by atoms with E-state index >= 15 is 0 Å². The molecular weight excluding hydrogens is 807 g/mol. The third-order valence-corrected chi connectivity index (χ3v) is 14.6. The molecule has 0 bridgehead atoms. The summed E-state index contributed by atoms with van der Waals surface area (Å²) in [4.78, 5) is 2.39. The quantitative estimate of drug-likeness (QED) is 0.147. The van der Waals surface area contributed by atoms with Crippen molar-refractivity contribution in [3.05, 3.63) is 259 Å². The van der Waals surface area contributed by atoms with Crippen LogP contribution in [0.25, 0.3) is 77.9 Å². The van der Waals surface area contributed by atoms with Crippen LogP contribution in [0.1, 0.15) is 49.9 Å². The summed E-state index contributed by atoms with van der Waals surface area (Å²) in [6.07, 6.45) is 0. The molecule has 0 unspecified atom stereocenters. The van der Waals surface area contributed by atoms with Gasteiger partial charge in [-0.2, -0.15) is 0 Å². The molecule has 10 aromatic rings. The Morgan fingerprint density at radius 3 is 0.731 bits per heavy atom. The number of nitrogens with zero attached hydrogens (tertiary/aromatic N) is 1. The van der Waals surface area contributed by atoms with Crippen LogP contribution >= 0.6 is 0 Å². The Kier molecular flexibility index (Phi) is 9.59. The lowest BCUT2D eigenvalue weighted by molar-refractivity contribution is 0.663. The standard InChI is InChI=1S/C66H51N/c1-65(2)61-53(46-20-10-6-11-21-46)24-14-28-57(61)59-30-16-26-55(63(59)65)48-34-40-51(41-35-48)67(50-38-32-45(33-39-50)44-18-8-5-9-19-44)52-42-36-49(37-43-52)56-27-17-31-60-58-29-15-25-54(47-22-12-7-13-23-47)62(58)66(3,4)64(56)60/h5-43H,1-4H3. The van der Waals surface area contributed by atoms with Crippen LogP contribution in [0.15, 0.2) is 237 Å². The first-order valence-corrected chi connectivity index (χ1v) is 23.6. The van der Waals surface area contributed by atoms with E-state index in [-0.39, 0.29) is 10.8 Å². The highest BCUT2D eigenvalue weighted by molar-refractivity contribution is 5.95. The van der Waals surface area contributed by atoms with Crippen molar-refractivity contribution >= 4 is 17.1 Å². The molecule has 0 N–H and O–H groups in total. The van der Waals surface area contributed by atoms with Crippen LogP contribution in [0.5, 0.6) is 0 Å². The lowest BCUT2D eigenvalue weighted by Crippen LogP contribution is -2.17. The number of hydrogen-bond acceptors (Lipinski definition) is 1. The van der Waals surface area contributed by atoms with Crippen LogP contribution in [-0.4, -0.2) is 0 Å². The molecule has 12 rings (SSSR count). The van der Waals surface area contributed by atoms with Crippen molar-refractivity contribution in [2.75, 3.05) is 4.90 Å². The summed E-state index contributed by atoms with van der Waals surface area (Å²) in [5.74, 6) is 0. The molecule has 2 aliphatic rings. The van der Waals surface area contributed by atoms with Crippen LogP contribution in [0.2, 0.25) is 0 Å². The van der Waals surface area contributed by atoms with Gasteiger partial charge in [-0.05, 0) is 137 Å². The summed E-state index contributed by atoms with van der Waals surface area (Å²) in [7, 11) is 0. The maximum atomic E-state index is 2.40. The number of rotatable bonds is 8. The van der Waals surface area contributed by atoms with Crippen molar-refractivity contribution in [2.45, 2.75) is 38.5 Å². The van der Waals surface area contributed by atoms with Crippen LogP contribution in [0, 0.1) is 0 Å². The van der Waals surface area contributed by atoms with E-state index in [4.69, 9.17) is 0 Å². The normalized spacial score (nSPS) is 13.6. The average molecular weight is 858 g/mol. The molecule has 320 valence electrons. The minimum absolute atomic E-state index is 0.193. The second kappa shape index (κ2) is 15.9. The van der Waals surface area contributed by atoms with Gasteiger partial charge in [0.25, 0.3) is 0 Å². The molecule has 0 saturated heterocycles. The first kappa shape index (κ1) is 40.5. The van der Waals surface area contributed by atoms with Gasteiger partial charge in [0, 0.05) is 27.9 Å². The fraction of sp³-hybridized carbons (Fsp3) is 0.0909. The monoisotopic (exact) mass is 857 g/mol. The largest absolute Gasteiger partial charge is 0.311 e. The van der Waals surface area contributed by atoms with Crippen molar-refractivity contribution in [3.8, 4) is 77.9 Å². The Labute approximate surface area is 395 Å². The van der Waals surface area contributed by atoms with Gasteiger partial charge >= 0.3 is 0 Å². The van der Waals surface area contributed by atoms with Crippen LogP contribution < -0.4 is 4.90 Å². The first-order chi connectivity index (χ1) is 32.8. The predicted molar refractivity (Wildman–Crippen MR) is 283 cm³/mol. The second-order valence-electron chi connectivity index (χ2n) is 19.2. The van der Waals surface area contributed by atoms with E-state index in [1.165, 1.54) is 100 Å². The highest BCUT2D eigenvalue weighted by Crippen LogP contribution is 2.57. The molecule has 2 aliphatic carbocycles. The molecule has 0 saturated carbocycles. The maximum absolute atomic E-state index is 2.40. The van der Waals surface area contributed by atoms with Gasteiger partial charge < -0.3 is 4.90 Å². The van der Waals surface area contributed by atoms with Crippen LogP contribution in [0.3, 0.4) is 0 Å². The van der Waals surface area contributed by atoms with E-state index in [0.717, 1.165) is 17.1 Å². The van der Waals surface area contributed by atoms with E-state index in [1.54, 1.807) is 0 Å². The van der Waals surface area contributed by atoms with Gasteiger partial charge in [-0.1, -0.05) is 228 Å². The van der Waals surface area contributed by atoms with Crippen molar-refractivity contribution in [1.29, 1.82) is 0 Å². The SMILES string of the molecule is CC1(C)c2c(-c3ccccc3)cccc2-c2cccc(-c3ccc(N(c4ccc(-c5ccccc5)cc4)c4ccc(-c5cccc6c5C(C)(C)c5c(-c7ccccc7)cccc5-6)cc4)cc3)c21. The molecule has 0 spiro atoms. The molecule has 10 aromatic carbocycles. The minimum Gasteiger partial charge on any atom is -0.311 e. The Balaban J connectivity index is 0.928. The lowest BCUT2D eigenvalue weighted by Gasteiger charge is -2.28. The second-order valence-corrected chi connectivity index (χ2v) is 19.2. The van der Waals surface area contributed by atoms with Crippen molar-refractivity contribution < 1.29 is 0 Å². The molecule has 0 atom stereocenters. The zero-order chi connectivity index (χ0) is 45.3. The molecule has 1 nitrogen and oxygen atoms in total. The summed E-state index contributed by atoms with van der Waals surface area (Å²) < 4.78 is 0. The van der Waals surface area contributed by atoms with E-state index in [2.05, 4.69) is 269 Å². The topological polar surface area (TPSA) is 3.24 Å². The van der Waals surface area contributed by atoms with Gasteiger partial charge in [-0.25, -0.2) is 0 Å². The summed E-state index contributed by atoms with van der Waals surface area (Å²) in [6.45, 7) is 9.60. The Morgan fingerprint density at radius 2 is 0.433 bits per heavy atom. The van der Waals surface area contributed by atoms with Crippen LogP contribution in [0.4, 0.5) is 17.1 Å². The Hall–Kier alpha value is -8.00. The van der Waals surface area contributed by atoms with Gasteiger partial charge in [0.1, 0.15) is 0 Å². The highest BCUT2D eigenvalue weighted by atomic mass is 15.1. The minimum atomic E-state index is -0.193. The van der Waals surface area contributed by atoms with Gasteiger partial charge in [0.2, 0.25) is 0 Å². The molecule has 67 heavy (non-hydrogen) atoms. The number of anilines is 3. The van der Waals surface area contributed by atoms with Gasteiger partial charge in [0.05, 0.1) is 0 Å². The zero-order valence-electron chi connectivity index (χ0n) is 38.5. The first-order valence-electron chi connectivity index (χ1n) is 23.6. The van der Waals surface area contributed by atoms with Gasteiger partial charge in [-0.3, -0.25) is 0 Å². The van der Waals surface area contributed by atoms with Crippen LogP contribution in [-0.2, 0) is 10.8 Å². The van der Waals surface area contributed by atoms with E-state index < -0.39 is 0 Å².